The van der Waals surface area contributed by atoms with Crippen LogP contribution in [0.3, 0.4) is 0 Å². The quantitative estimate of drug-likeness (QED) is 0.413. The Balaban J connectivity index is 1.67. The second-order valence-electron chi connectivity index (χ2n) is 4.74. The van der Waals surface area contributed by atoms with Gasteiger partial charge >= 0.3 is 11.9 Å². The Labute approximate surface area is 126 Å². The van der Waals surface area contributed by atoms with Crippen LogP contribution in [-0.4, -0.2) is 65.7 Å². The number of hydrogen-bond donors (Lipinski definition) is 0. The van der Waals surface area contributed by atoms with Crippen molar-refractivity contribution in [1.82, 2.24) is 0 Å². The van der Waals surface area contributed by atoms with Crippen molar-refractivity contribution in [3.8, 4) is 0 Å². The van der Waals surface area contributed by atoms with Crippen LogP contribution in [0.25, 0.3) is 0 Å². The molecule has 0 aromatic carbocycles. The molecule has 126 valence electrons. The van der Waals surface area contributed by atoms with Crippen LogP contribution in [0.1, 0.15) is 12.8 Å². The zero-order chi connectivity index (χ0) is 16.4. The molecule has 2 rings (SSSR count). The normalized spacial score (nSPS) is 29.1. The topological polar surface area (TPSA) is 139 Å². The number of carbonyl (C=O) groups is 2. The first kappa shape index (κ1) is 17.1. The molecule has 2 heterocycles. The lowest BCUT2D eigenvalue weighted by Crippen LogP contribution is -2.24. The largest absolute Gasteiger partial charge is 0.459 e. The Morgan fingerprint density at radius 3 is 1.45 bits per heavy atom. The van der Waals surface area contributed by atoms with Crippen molar-refractivity contribution in [3.05, 3.63) is 0 Å². The summed E-state index contributed by atoms with van der Waals surface area (Å²) in [6, 6.07) is 0. The number of ether oxygens (including phenoxy) is 2. The fraction of sp³-hybridized carbons (Fsp3) is 0.800. The maximum absolute atomic E-state index is 11.5. The van der Waals surface area contributed by atoms with E-state index in [1.54, 1.807) is 0 Å². The Bertz CT molecular complexity index is 591. The number of esters is 2. The maximum atomic E-state index is 11.5. The van der Waals surface area contributed by atoms with Crippen LogP contribution in [0, 0.1) is 0 Å². The fourth-order valence-corrected chi connectivity index (χ4v) is 3.99. The van der Waals surface area contributed by atoms with Gasteiger partial charge in [0.25, 0.3) is 20.2 Å². The first-order valence-corrected chi connectivity index (χ1v) is 9.44. The van der Waals surface area contributed by atoms with Crippen molar-refractivity contribution in [2.75, 3.05) is 24.7 Å². The average molecular weight is 358 g/mol. The third-order valence-corrected chi connectivity index (χ3v) is 5.33. The summed E-state index contributed by atoms with van der Waals surface area (Å²) in [7, 11) is -7.28. The van der Waals surface area contributed by atoms with Gasteiger partial charge in [0.2, 0.25) is 0 Å². The Morgan fingerprint density at radius 2 is 1.18 bits per heavy atom. The Morgan fingerprint density at radius 1 is 0.818 bits per heavy atom. The van der Waals surface area contributed by atoms with E-state index in [2.05, 4.69) is 8.37 Å². The molecule has 0 aromatic rings. The molecule has 0 spiro atoms. The van der Waals surface area contributed by atoms with Crippen molar-refractivity contribution < 1.29 is 44.3 Å². The first-order chi connectivity index (χ1) is 10.2. The highest BCUT2D eigenvalue weighted by atomic mass is 32.2. The van der Waals surface area contributed by atoms with Gasteiger partial charge in [-0.25, -0.2) is 0 Å². The van der Waals surface area contributed by atoms with Crippen molar-refractivity contribution in [1.29, 1.82) is 0 Å². The van der Waals surface area contributed by atoms with E-state index in [4.69, 9.17) is 9.47 Å². The third kappa shape index (κ3) is 5.19. The highest BCUT2D eigenvalue weighted by molar-refractivity contribution is 7.87. The molecule has 2 aliphatic heterocycles. The van der Waals surface area contributed by atoms with E-state index in [0.29, 0.717) is 0 Å². The summed E-state index contributed by atoms with van der Waals surface area (Å²) < 4.78 is 62.4. The average Bonchev–Trinajstić information content (AvgIpc) is 2.89. The lowest BCUT2D eigenvalue weighted by molar-refractivity contribution is -0.155. The van der Waals surface area contributed by atoms with Crippen molar-refractivity contribution in [2.24, 2.45) is 0 Å². The lowest BCUT2D eigenvalue weighted by Gasteiger charge is -2.10. The van der Waals surface area contributed by atoms with Crippen molar-refractivity contribution in [3.63, 3.8) is 0 Å². The lowest BCUT2D eigenvalue weighted by atomic mass is 10.3. The predicted octanol–water partition coefficient (Wildman–Crippen LogP) is -1.69. The van der Waals surface area contributed by atoms with E-state index in [0.717, 1.165) is 0 Å². The van der Waals surface area contributed by atoms with Gasteiger partial charge in [-0.05, 0) is 0 Å². The van der Waals surface area contributed by atoms with Crippen molar-refractivity contribution >= 4 is 32.2 Å². The van der Waals surface area contributed by atoms with E-state index in [9.17, 15) is 26.4 Å². The minimum absolute atomic E-state index is 0.240. The molecule has 0 aliphatic carbocycles. The van der Waals surface area contributed by atoms with Crippen LogP contribution in [0.5, 0.6) is 0 Å². The van der Waals surface area contributed by atoms with Crippen LogP contribution in [0.2, 0.25) is 0 Å². The molecule has 2 aliphatic rings. The third-order valence-electron chi connectivity index (χ3n) is 2.78. The van der Waals surface area contributed by atoms with Gasteiger partial charge in [-0.2, -0.15) is 16.8 Å². The molecule has 12 heteroatoms. The highest BCUT2D eigenvalue weighted by Gasteiger charge is 2.33. The van der Waals surface area contributed by atoms with Gasteiger partial charge in [-0.15, -0.1) is 0 Å². The van der Waals surface area contributed by atoms with Gasteiger partial charge in [-0.3, -0.25) is 18.0 Å². The van der Waals surface area contributed by atoms with Crippen LogP contribution in [-0.2, 0) is 47.7 Å². The zero-order valence-corrected chi connectivity index (χ0v) is 12.9. The molecule has 2 atom stereocenters. The van der Waals surface area contributed by atoms with Crippen molar-refractivity contribution in [2.45, 2.75) is 25.0 Å². The summed E-state index contributed by atoms with van der Waals surface area (Å²) >= 11 is 0. The Hall–Kier alpha value is -1.24. The molecule has 0 N–H and O–H groups in total. The minimum Gasteiger partial charge on any atom is -0.459 e. The Kier molecular flexibility index (Phi) is 5.04. The molecule has 0 saturated carbocycles. The summed E-state index contributed by atoms with van der Waals surface area (Å²) in [5.41, 5.74) is 0. The standard InChI is InChI=1S/C10H14O10S2/c11-9(19-7-3-17-21(13,14)5-7)1-2-10(12)20-8-4-18-22(15,16)6-8/h7-8H,1-6H2. The highest BCUT2D eigenvalue weighted by Crippen LogP contribution is 2.14. The monoisotopic (exact) mass is 358 g/mol. The van der Waals surface area contributed by atoms with E-state index in [-0.39, 0.29) is 26.1 Å². The van der Waals surface area contributed by atoms with Gasteiger partial charge in [-0.1, -0.05) is 0 Å². The summed E-state index contributed by atoms with van der Waals surface area (Å²) in [6.07, 6.45) is -2.39. The molecule has 2 saturated heterocycles. The van der Waals surface area contributed by atoms with Gasteiger partial charge in [0.15, 0.2) is 0 Å². The molecular weight excluding hydrogens is 344 g/mol. The van der Waals surface area contributed by atoms with E-state index < -0.39 is 55.9 Å². The summed E-state index contributed by atoms with van der Waals surface area (Å²) in [5.74, 6) is -2.36. The molecular formula is C10H14O10S2. The van der Waals surface area contributed by atoms with Gasteiger partial charge in [0.05, 0.1) is 12.8 Å². The first-order valence-electron chi connectivity index (χ1n) is 6.28. The number of hydrogen-bond acceptors (Lipinski definition) is 10. The summed E-state index contributed by atoms with van der Waals surface area (Å²) in [5, 5.41) is 0. The fourth-order valence-electron chi connectivity index (χ4n) is 1.84. The second-order valence-corrected chi connectivity index (χ2v) is 8.11. The molecule has 0 aromatic heterocycles. The molecule has 2 unspecified atom stereocenters. The molecule has 0 bridgehead atoms. The number of rotatable bonds is 5. The smallest absolute Gasteiger partial charge is 0.306 e. The maximum Gasteiger partial charge on any atom is 0.306 e. The number of carbonyl (C=O) groups excluding carboxylic acids is 2. The van der Waals surface area contributed by atoms with E-state index >= 15 is 0 Å². The predicted molar refractivity (Wildman–Crippen MR) is 68.5 cm³/mol. The van der Waals surface area contributed by atoms with Crippen LogP contribution >= 0.6 is 0 Å². The summed E-state index contributed by atoms with van der Waals surface area (Å²) in [6.45, 7) is -0.481. The van der Waals surface area contributed by atoms with E-state index in [1.165, 1.54) is 0 Å². The second kappa shape index (κ2) is 6.48. The van der Waals surface area contributed by atoms with Gasteiger partial charge in [0.1, 0.15) is 36.9 Å². The minimum atomic E-state index is -3.64. The molecule has 22 heavy (non-hydrogen) atoms. The van der Waals surface area contributed by atoms with E-state index in [1.807, 2.05) is 0 Å². The molecule has 0 radical (unpaired) electrons. The van der Waals surface area contributed by atoms with Crippen LogP contribution < -0.4 is 0 Å². The van der Waals surface area contributed by atoms with Crippen LogP contribution in [0.15, 0.2) is 0 Å². The molecule has 0 amide bonds. The van der Waals surface area contributed by atoms with Gasteiger partial charge < -0.3 is 9.47 Å². The SMILES string of the molecule is O=C(CCC(=O)OC1COS(=O)(=O)C1)OC1COS(=O)(=O)C1. The van der Waals surface area contributed by atoms with Gasteiger partial charge in [0, 0.05) is 0 Å². The molecule has 10 nitrogen and oxygen atoms in total. The zero-order valence-electron chi connectivity index (χ0n) is 11.3. The summed E-state index contributed by atoms with van der Waals surface area (Å²) in [4.78, 5) is 22.9. The molecule has 2 fully saturated rings. The van der Waals surface area contributed by atoms with Crippen LogP contribution in [0.4, 0.5) is 0 Å².